The van der Waals surface area contributed by atoms with Crippen LogP contribution in [0.3, 0.4) is 0 Å². The number of benzene rings is 1. The zero-order valence-electron chi connectivity index (χ0n) is 10.5. The fraction of sp³-hybridized carbons (Fsp3) is 0.417. The lowest BCUT2D eigenvalue weighted by molar-refractivity contribution is -0.253. The smallest absolute Gasteiger partial charge is 0.461 e. The van der Waals surface area contributed by atoms with Crippen molar-refractivity contribution in [1.29, 1.82) is 0 Å². The third-order valence-corrected chi connectivity index (χ3v) is 2.39. The van der Waals surface area contributed by atoms with Crippen LogP contribution in [-0.4, -0.2) is 31.7 Å². The van der Waals surface area contributed by atoms with Crippen molar-refractivity contribution in [2.45, 2.75) is 25.0 Å². The molecular formula is C12H13F4NO3. The molecule has 0 radical (unpaired) electrons. The molecule has 0 aromatic heterocycles. The van der Waals surface area contributed by atoms with Crippen molar-refractivity contribution in [3.63, 3.8) is 0 Å². The van der Waals surface area contributed by atoms with Gasteiger partial charge in [0.1, 0.15) is 11.8 Å². The number of hydrogen-bond acceptors (Lipinski definition) is 4. The minimum atomic E-state index is -4.55. The molecule has 0 bridgehead atoms. The van der Waals surface area contributed by atoms with Crippen molar-refractivity contribution < 1.29 is 31.8 Å². The molecule has 0 amide bonds. The monoisotopic (exact) mass is 295 g/mol. The van der Waals surface area contributed by atoms with E-state index in [1.165, 1.54) is 19.2 Å². The molecule has 1 atom stereocenters. The molecule has 1 rings (SSSR count). The van der Waals surface area contributed by atoms with E-state index in [0.29, 0.717) is 5.56 Å². The molecule has 2 N–H and O–H groups in total. The van der Waals surface area contributed by atoms with Crippen LogP contribution in [0.1, 0.15) is 5.56 Å². The van der Waals surface area contributed by atoms with Gasteiger partial charge in [0, 0.05) is 0 Å². The summed E-state index contributed by atoms with van der Waals surface area (Å²) in [5, 5.41) is 0. The van der Waals surface area contributed by atoms with Crippen LogP contribution in [0.5, 0.6) is 5.75 Å². The molecular weight excluding hydrogens is 282 g/mol. The first-order valence-electron chi connectivity index (χ1n) is 5.53. The number of carbonyl (C=O) groups excluding carboxylic acids is 1. The molecule has 0 saturated heterocycles. The van der Waals surface area contributed by atoms with Gasteiger partial charge in [-0.3, -0.25) is 4.79 Å². The lowest BCUT2D eigenvalue weighted by Gasteiger charge is -2.17. The zero-order valence-corrected chi connectivity index (χ0v) is 10.5. The number of carbonyl (C=O) groups is 1. The number of nitrogens with two attached hydrogens (primary N) is 1. The van der Waals surface area contributed by atoms with E-state index in [1.54, 1.807) is 0 Å². The number of methoxy groups -OCH3 is 1. The molecule has 0 heterocycles. The van der Waals surface area contributed by atoms with Crippen LogP contribution >= 0.6 is 0 Å². The van der Waals surface area contributed by atoms with Crippen LogP contribution in [0.2, 0.25) is 0 Å². The van der Waals surface area contributed by atoms with Gasteiger partial charge in [0.25, 0.3) is 0 Å². The van der Waals surface area contributed by atoms with Crippen molar-refractivity contribution >= 4 is 5.97 Å². The largest absolute Gasteiger partial charge is 0.468 e. The summed E-state index contributed by atoms with van der Waals surface area (Å²) in [6.07, 6.45) is -8.35. The van der Waals surface area contributed by atoms with Gasteiger partial charge in [0.05, 0.1) is 7.11 Å². The summed E-state index contributed by atoms with van der Waals surface area (Å²) >= 11 is 0. The second-order valence-electron chi connectivity index (χ2n) is 3.94. The summed E-state index contributed by atoms with van der Waals surface area (Å²) in [7, 11) is 1.19. The molecule has 0 saturated carbocycles. The normalized spacial score (nSPS) is 13.2. The number of halogens is 4. The highest BCUT2D eigenvalue weighted by Gasteiger charge is 2.43. The number of hydrogen-bond donors (Lipinski definition) is 1. The summed E-state index contributed by atoms with van der Waals surface area (Å²) in [6, 6.07) is 3.99. The van der Waals surface area contributed by atoms with E-state index in [4.69, 9.17) is 5.73 Å². The van der Waals surface area contributed by atoms with Crippen LogP contribution in [0, 0.1) is 0 Å². The van der Waals surface area contributed by atoms with Crippen LogP contribution < -0.4 is 10.5 Å². The minimum Gasteiger partial charge on any atom is -0.468 e. The maximum atomic E-state index is 12.6. The summed E-state index contributed by atoms with van der Waals surface area (Å²) in [5.74, 6) is -1.03. The maximum Gasteiger partial charge on any atom is 0.461 e. The Kier molecular flexibility index (Phi) is 5.32. The Hall–Kier alpha value is -1.83. The molecule has 8 heteroatoms. The first-order valence-corrected chi connectivity index (χ1v) is 5.53. The molecule has 0 unspecified atom stereocenters. The fourth-order valence-corrected chi connectivity index (χ4v) is 1.38. The Morgan fingerprint density at radius 2 is 1.85 bits per heavy atom. The van der Waals surface area contributed by atoms with E-state index in [0.717, 1.165) is 12.1 Å². The molecule has 1 aromatic carbocycles. The van der Waals surface area contributed by atoms with Gasteiger partial charge in [0.2, 0.25) is 0 Å². The summed E-state index contributed by atoms with van der Waals surface area (Å²) in [5.41, 5.74) is 6.07. The molecule has 4 nitrogen and oxygen atoms in total. The van der Waals surface area contributed by atoms with Crippen LogP contribution in [0.4, 0.5) is 17.6 Å². The van der Waals surface area contributed by atoms with Crippen molar-refractivity contribution in [3.05, 3.63) is 29.8 Å². The van der Waals surface area contributed by atoms with Gasteiger partial charge in [-0.2, -0.15) is 17.6 Å². The van der Waals surface area contributed by atoms with E-state index in [1.807, 2.05) is 0 Å². The highest BCUT2D eigenvalue weighted by molar-refractivity contribution is 5.75. The van der Waals surface area contributed by atoms with E-state index >= 15 is 0 Å². The summed E-state index contributed by atoms with van der Waals surface area (Å²) in [6.45, 7) is 0. The van der Waals surface area contributed by atoms with Gasteiger partial charge in [-0.05, 0) is 24.1 Å². The van der Waals surface area contributed by atoms with Gasteiger partial charge in [0.15, 0.2) is 0 Å². The Morgan fingerprint density at radius 1 is 1.30 bits per heavy atom. The second-order valence-corrected chi connectivity index (χ2v) is 3.94. The first-order chi connectivity index (χ1) is 9.26. The first kappa shape index (κ1) is 16.2. The summed E-state index contributed by atoms with van der Waals surface area (Å²) in [4.78, 5) is 11.1. The number of ether oxygens (including phenoxy) is 2. The van der Waals surface area contributed by atoms with E-state index in [2.05, 4.69) is 9.47 Å². The van der Waals surface area contributed by atoms with Crippen molar-refractivity contribution in [3.8, 4) is 5.75 Å². The van der Waals surface area contributed by atoms with Gasteiger partial charge in [-0.1, -0.05) is 12.1 Å². The average molecular weight is 295 g/mol. The Balaban J connectivity index is 2.67. The van der Waals surface area contributed by atoms with Gasteiger partial charge in [-0.25, -0.2) is 0 Å². The number of alkyl halides is 4. The quantitative estimate of drug-likeness (QED) is 0.644. The van der Waals surface area contributed by atoms with Crippen molar-refractivity contribution in [2.24, 2.45) is 5.73 Å². The molecule has 0 spiro atoms. The molecule has 1 aromatic rings. The standard InChI is InChI=1S/C12H13F4NO3/c1-19-10(18)9(17)6-7-2-4-8(5-3-7)20-12(15,16)11(13)14/h2-5,9,11H,6,17H2,1H3/t9-/m1/s1. The molecule has 0 aliphatic carbocycles. The number of rotatable bonds is 6. The predicted molar refractivity (Wildman–Crippen MR) is 61.7 cm³/mol. The maximum absolute atomic E-state index is 12.6. The third kappa shape index (κ3) is 4.37. The SMILES string of the molecule is COC(=O)[C@H](N)Cc1ccc(OC(F)(F)C(F)F)cc1. The fourth-order valence-electron chi connectivity index (χ4n) is 1.38. The third-order valence-electron chi connectivity index (χ3n) is 2.39. The highest BCUT2D eigenvalue weighted by Crippen LogP contribution is 2.27. The van der Waals surface area contributed by atoms with Crippen LogP contribution in [-0.2, 0) is 16.0 Å². The van der Waals surface area contributed by atoms with Gasteiger partial charge in [-0.15, -0.1) is 0 Å². The molecule has 112 valence electrons. The lowest BCUT2D eigenvalue weighted by Crippen LogP contribution is -2.34. The predicted octanol–water partition coefficient (Wildman–Crippen LogP) is 1.97. The average Bonchev–Trinajstić information content (AvgIpc) is 2.39. The second kappa shape index (κ2) is 6.56. The molecule has 20 heavy (non-hydrogen) atoms. The molecule has 0 aliphatic heterocycles. The lowest BCUT2D eigenvalue weighted by atomic mass is 10.1. The van der Waals surface area contributed by atoms with Crippen LogP contribution in [0.15, 0.2) is 24.3 Å². The zero-order chi connectivity index (χ0) is 15.3. The van der Waals surface area contributed by atoms with Crippen molar-refractivity contribution in [2.75, 3.05) is 7.11 Å². The van der Waals surface area contributed by atoms with E-state index in [-0.39, 0.29) is 6.42 Å². The Labute approximate surface area is 112 Å². The molecule has 0 fully saturated rings. The van der Waals surface area contributed by atoms with Crippen LogP contribution in [0.25, 0.3) is 0 Å². The van der Waals surface area contributed by atoms with Gasteiger partial charge >= 0.3 is 18.5 Å². The van der Waals surface area contributed by atoms with E-state index in [9.17, 15) is 22.4 Å². The van der Waals surface area contributed by atoms with Crippen molar-refractivity contribution in [1.82, 2.24) is 0 Å². The molecule has 0 aliphatic rings. The van der Waals surface area contributed by atoms with Gasteiger partial charge < -0.3 is 15.2 Å². The topological polar surface area (TPSA) is 61.5 Å². The Bertz CT molecular complexity index is 451. The Morgan fingerprint density at radius 3 is 2.30 bits per heavy atom. The number of esters is 1. The minimum absolute atomic E-state index is 0.123. The van der Waals surface area contributed by atoms with E-state index < -0.39 is 30.3 Å². The highest BCUT2D eigenvalue weighted by atomic mass is 19.3. The summed E-state index contributed by atoms with van der Waals surface area (Å²) < 4.78 is 57.5.